The molecule has 1 amide bonds. The summed E-state index contributed by atoms with van der Waals surface area (Å²) in [7, 11) is 0. The lowest BCUT2D eigenvalue weighted by Gasteiger charge is -2.38. The summed E-state index contributed by atoms with van der Waals surface area (Å²) in [6.07, 6.45) is -7.67. The molecular weight excluding hydrogens is 372 g/mol. The van der Waals surface area contributed by atoms with E-state index in [2.05, 4.69) is 4.98 Å². The van der Waals surface area contributed by atoms with Crippen LogP contribution in [0.15, 0.2) is 18.2 Å². The number of aliphatic hydroxyl groups excluding tert-OH is 3. The lowest BCUT2D eigenvalue weighted by Crippen LogP contribution is -2.61. The van der Waals surface area contributed by atoms with Gasteiger partial charge in [0.25, 0.3) is 0 Å². The first-order chi connectivity index (χ1) is 13.3. The number of hydrogen-bond donors (Lipinski definition) is 5. The molecule has 1 aromatic carbocycles. The number of carbonyl (C=O) groups is 2. The second-order valence-electron chi connectivity index (χ2n) is 6.93. The number of carbonyl (C=O) groups excluding carboxylic acids is 1. The Kier molecular flexibility index (Phi) is 4.50. The number of aliphatic carboxylic acids is 1. The molecule has 4 rings (SSSR count). The number of anilines is 1. The Morgan fingerprint density at radius 3 is 2.64 bits per heavy atom. The molecule has 28 heavy (non-hydrogen) atoms. The normalized spacial score (nSPS) is 29.7. The monoisotopic (exact) mass is 392 g/mol. The molecule has 0 bridgehead atoms. The number of carboxylic acid groups (broad SMARTS) is 1. The van der Waals surface area contributed by atoms with Crippen molar-refractivity contribution in [2.45, 2.75) is 44.1 Å². The summed E-state index contributed by atoms with van der Waals surface area (Å²) in [5, 5.41) is 39.7. The van der Waals surface area contributed by atoms with Crippen molar-refractivity contribution in [3.63, 3.8) is 0 Å². The zero-order valence-electron chi connectivity index (χ0n) is 14.9. The Morgan fingerprint density at radius 2 is 1.96 bits per heavy atom. The summed E-state index contributed by atoms with van der Waals surface area (Å²) in [5.41, 5.74) is 1.76. The fourth-order valence-electron chi connectivity index (χ4n) is 3.70. The topological polar surface area (TPSA) is 153 Å². The molecule has 1 fully saturated rings. The first-order valence-electron chi connectivity index (χ1n) is 8.79. The number of fused-ring (bicyclic) bond motifs is 3. The Balaban J connectivity index is 1.61. The van der Waals surface area contributed by atoms with Crippen LogP contribution >= 0.6 is 0 Å². The largest absolute Gasteiger partial charge is 0.479 e. The van der Waals surface area contributed by atoms with E-state index in [4.69, 9.17) is 14.6 Å². The van der Waals surface area contributed by atoms with E-state index in [1.165, 1.54) is 6.92 Å². The van der Waals surface area contributed by atoms with Gasteiger partial charge in [-0.05, 0) is 24.6 Å². The molecule has 5 atom stereocenters. The van der Waals surface area contributed by atoms with Gasteiger partial charge in [-0.2, -0.15) is 0 Å². The Bertz CT molecular complexity index is 941. The summed E-state index contributed by atoms with van der Waals surface area (Å²) in [5.74, 6) is -0.520. The summed E-state index contributed by atoms with van der Waals surface area (Å²) < 4.78 is 10.7. The van der Waals surface area contributed by atoms with E-state index in [1.54, 1.807) is 23.1 Å². The fraction of sp³-hybridized carbons (Fsp3) is 0.444. The highest BCUT2D eigenvalue weighted by Crippen LogP contribution is 2.36. The van der Waals surface area contributed by atoms with Crippen molar-refractivity contribution in [1.29, 1.82) is 0 Å². The predicted molar refractivity (Wildman–Crippen MR) is 95.0 cm³/mol. The van der Waals surface area contributed by atoms with E-state index in [1.807, 2.05) is 0 Å². The number of H-pyrrole nitrogens is 1. The number of ether oxygens (including phenoxy) is 2. The predicted octanol–water partition coefficient (Wildman–Crippen LogP) is -0.652. The molecule has 0 aliphatic carbocycles. The molecule has 0 radical (unpaired) electrons. The zero-order valence-corrected chi connectivity index (χ0v) is 14.9. The van der Waals surface area contributed by atoms with Gasteiger partial charge in [0.15, 0.2) is 6.10 Å². The van der Waals surface area contributed by atoms with Crippen LogP contribution in [-0.2, 0) is 20.7 Å². The number of aromatic amines is 1. The van der Waals surface area contributed by atoms with Crippen molar-refractivity contribution >= 4 is 28.6 Å². The van der Waals surface area contributed by atoms with E-state index in [0.717, 1.165) is 22.3 Å². The average molecular weight is 392 g/mol. The van der Waals surface area contributed by atoms with Gasteiger partial charge in [0.2, 0.25) is 12.2 Å². The summed E-state index contributed by atoms with van der Waals surface area (Å²) in [6, 6.07) is 5.02. The lowest BCUT2D eigenvalue weighted by atomic mass is 9.99. The van der Waals surface area contributed by atoms with Gasteiger partial charge in [0, 0.05) is 29.9 Å². The Morgan fingerprint density at radius 1 is 1.21 bits per heavy atom. The van der Waals surface area contributed by atoms with Crippen LogP contribution in [0.2, 0.25) is 0 Å². The second kappa shape index (κ2) is 6.74. The number of hydrogen-bond acceptors (Lipinski definition) is 7. The van der Waals surface area contributed by atoms with E-state index in [0.29, 0.717) is 13.0 Å². The number of benzene rings is 1. The molecule has 2 aliphatic rings. The van der Waals surface area contributed by atoms with Crippen molar-refractivity contribution in [3.05, 3.63) is 23.8 Å². The zero-order chi connectivity index (χ0) is 20.2. The van der Waals surface area contributed by atoms with Gasteiger partial charge in [0.05, 0.1) is 0 Å². The molecule has 1 aromatic heterocycles. The smallest absolute Gasteiger partial charge is 0.335 e. The molecule has 150 valence electrons. The number of aromatic nitrogens is 1. The molecule has 5 unspecified atom stereocenters. The molecule has 1 saturated heterocycles. The lowest BCUT2D eigenvalue weighted by molar-refractivity contribution is -0.271. The highest BCUT2D eigenvalue weighted by Gasteiger charge is 2.48. The number of nitrogens with zero attached hydrogens (tertiary/aromatic N) is 1. The molecule has 0 saturated carbocycles. The summed E-state index contributed by atoms with van der Waals surface area (Å²) in [4.78, 5) is 27.8. The maximum absolute atomic E-state index is 11.7. The third-order valence-electron chi connectivity index (χ3n) is 5.16. The van der Waals surface area contributed by atoms with Crippen molar-refractivity contribution in [2.75, 3.05) is 11.4 Å². The van der Waals surface area contributed by atoms with Gasteiger partial charge in [-0.25, -0.2) is 4.79 Å². The van der Waals surface area contributed by atoms with Crippen molar-refractivity contribution < 1.29 is 39.5 Å². The van der Waals surface area contributed by atoms with Crippen molar-refractivity contribution in [3.8, 4) is 5.75 Å². The number of aliphatic hydroxyl groups is 3. The second-order valence-corrected chi connectivity index (χ2v) is 6.93. The minimum absolute atomic E-state index is 0.0623. The highest BCUT2D eigenvalue weighted by molar-refractivity contribution is 5.99. The molecule has 0 spiro atoms. The van der Waals surface area contributed by atoms with Gasteiger partial charge in [-0.3, -0.25) is 9.69 Å². The van der Waals surface area contributed by atoms with Crippen LogP contribution in [0.3, 0.4) is 0 Å². The van der Waals surface area contributed by atoms with Crippen LogP contribution in [0.1, 0.15) is 12.5 Å². The highest BCUT2D eigenvalue weighted by atomic mass is 16.7. The minimum Gasteiger partial charge on any atom is -0.479 e. The molecule has 2 aromatic rings. The van der Waals surface area contributed by atoms with Crippen LogP contribution in [0, 0.1) is 0 Å². The van der Waals surface area contributed by atoms with Crippen LogP contribution in [-0.4, -0.2) is 74.5 Å². The van der Waals surface area contributed by atoms with Crippen LogP contribution in [0.25, 0.3) is 10.9 Å². The molecule has 10 nitrogen and oxygen atoms in total. The summed E-state index contributed by atoms with van der Waals surface area (Å²) in [6.45, 7) is 2.07. The fourth-order valence-corrected chi connectivity index (χ4v) is 3.70. The first kappa shape index (κ1) is 18.7. The van der Waals surface area contributed by atoms with Gasteiger partial charge in [-0.1, -0.05) is 0 Å². The van der Waals surface area contributed by atoms with E-state index < -0.39 is 36.7 Å². The average Bonchev–Trinajstić information content (AvgIpc) is 3.21. The van der Waals surface area contributed by atoms with Gasteiger partial charge in [-0.15, -0.1) is 0 Å². The molecule has 3 heterocycles. The molecule has 2 aliphatic heterocycles. The maximum Gasteiger partial charge on any atom is 0.335 e. The quantitative estimate of drug-likeness (QED) is 0.462. The van der Waals surface area contributed by atoms with E-state index in [-0.39, 0.29) is 11.7 Å². The van der Waals surface area contributed by atoms with E-state index in [9.17, 15) is 24.9 Å². The Labute approximate surface area is 158 Å². The third kappa shape index (κ3) is 2.90. The van der Waals surface area contributed by atoms with Crippen LogP contribution < -0.4 is 9.64 Å². The van der Waals surface area contributed by atoms with Crippen molar-refractivity contribution in [1.82, 2.24) is 4.98 Å². The standard InChI is InChI=1S/C18H20N2O8/c1-7(21)20-5-4-9-10-6-8(2-3-11(10)19-16(9)20)27-18-14(24)12(22)13(23)15(28-18)17(25)26/h2-3,6,12-15,18-19,22-24H,4-5H2,1H3,(H,25,26). The van der Waals surface area contributed by atoms with Crippen molar-refractivity contribution in [2.24, 2.45) is 0 Å². The number of carboxylic acids is 1. The Hall–Kier alpha value is -2.66. The summed E-state index contributed by atoms with van der Waals surface area (Å²) >= 11 is 0. The van der Waals surface area contributed by atoms with Gasteiger partial charge >= 0.3 is 5.97 Å². The number of amides is 1. The number of rotatable bonds is 3. The third-order valence-corrected chi connectivity index (χ3v) is 5.16. The van der Waals surface area contributed by atoms with Crippen LogP contribution in [0.4, 0.5) is 5.82 Å². The van der Waals surface area contributed by atoms with Gasteiger partial charge in [0.1, 0.15) is 29.9 Å². The van der Waals surface area contributed by atoms with E-state index >= 15 is 0 Å². The van der Waals surface area contributed by atoms with Crippen LogP contribution in [0.5, 0.6) is 5.75 Å². The SMILES string of the molecule is CC(=O)N1CCc2c1[nH]c1ccc(OC3OC(C(=O)O)C(O)C(O)C3O)cc21. The molecule has 5 N–H and O–H groups in total. The first-order valence-corrected chi connectivity index (χ1v) is 8.79. The van der Waals surface area contributed by atoms with Gasteiger partial charge < -0.3 is 34.9 Å². The minimum atomic E-state index is -1.78. The number of nitrogens with one attached hydrogen (secondary N) is 1. The maximum atomic E-state index is 11.7. The molecular formula is C18H20N2O8. The molecule has 10 heteroatoms.